The van der Waals surface area contributed by atoms with E-state index in [0.29, 0.717) is 13.0 Å². The van der Waals surface area contributed by atoms with Gasteiger partial charge in [-0.1, -0.05) is 25.2 Å². The first-order valence-corrected chi connectivity index (χ1v) is 9.20. The number of aliphatic carboxylic acids is 2. The van der Waals surface area contributed by atoms with Crippen LogP contribution in [0.1, 0.15) is 33.1 Å². The largest absolute Gasteiger partial charge is 0.494 e. The predicted molar refractivity (Wildman–Crippen MR) is 108 cm³/mol. The summed E-state index contributed by atoms with van der Waals surface area (Å²) in [5, 5.41) is 22.9. The van der Waals surface area contributed by atoms with Crippen molar-refractivity contribution in [2.24, 2.45) is 10.5 Å². The number of hydrogen-bond donors (Lipinski definition) is 2. The van der Waals surface area contributed by atoms with Crippen LogP contribution in [-0.2, 0) is 14.4 Å². The standard InChI is InChI=1S/C12H14N2O2.C9H10O4/c1-2-9-16-11-5-3-10(4-6-11)14-12(15)7-8-13-14;1-9(8(12)13)4-2-3-6(5-9)7(10)11/h3-6,8H,2,7,9H2,1H3;2-4H,5H2,1H3,(H,10,11)(H,12,13). The number of ether oxygens (including phenoxy) is 1. The third kappa shape index (κ3) is 5.78. The van der Waals surface area contributed by atoms with Crippen molar-refractivity contribution in [3.05, 3.63) is 48.1 Å². The van der Waals surface area contributed by atoms with E-state index in [9.17, 15) is 14.4 Å². The minimum Gasteiger partial charge on any atom is -0.494 e. The number of carboxylic acid groups (broad SMARTS) is 2. The van der Waals surface area contributed by atoms with Gasteiger partial charge in [-0.05, 0) is 44.0 Å². The van der Waals surface area contributed by atoms with Crippen molar-refractivity contribution in [1.29, 1.82) is 0 Å². The van der Waals surface area contributed by atoms with Crippen LogP contribution in [0.5, 0.6) is 5.75 Å². The summed E-state index contributed by atoms with van der Waals surface area (Å²) >= 11 is 0. The molecule has 1 aliphatic carbocycles. The molecule has 1 unspecified atom stereocenters. The predicted octanol–water partition coefficient (Wildman–Crippen LogP) is 3.25. The Morgan fingerprint density at radius 3 is 2.45 bits per heavy atom. The highest BCUT2D eigenvalue weighted by Gasteiger charge is 2.34. The molecule has 0 fully saturated rings. The lowest BCUT2D eigenvalue weighted by Gasteiger charge is -2.23. The number of benzene rings is 1. The number of carboxylic acids is 2. The van der Waals surface area contributed by atoms with Gasteiger partial charge in [-0.15, -0.1) is 0 Å². The number of hydrazone groups is 1. The van der Waals surface area contributed by atoms with Crippen molar-refractivity contribution in [1.82, 2.24) is 0 Å². The van der Waals surface area contributed by atoms with Crippen LogP contribution < -0.4 is 9.75 Å². The monoisotopic (exact) mass is 400 g/mol. The topological polar surface area (TPSA) is 116 Å². The molecule has 29 heavy (non-hydrogen) atoms. The van der Waals surface area contributed by atoms with Crippen LogP contribution in [0, 0.1) is 5.41 Å². The third-order valence-electron chi connectivity index (χ3n) is 4.34. The molecule has 2 N–H and O–H groups in total. The highest BCUT2D eigenvalue weighted by atomic mass is 16.5. The highest BCUT2D eigenvalue weighted by molar-refractivity contribution is 6.05. The minimum atomic E-state index is -1.08. The van der Waals surface area contributed by atoms with Gasteiger partial charge in [-0.2, -0.15) is 5.10 Å². The van der Waals surface area contributed by atoms with E-state index < -0.39 is 17.4 Å². The Morgan fingerprint density at radius 1 is 1.24 bits per heavy atom. The Labute approximate surface area is 168 Å². The summed E-state index contributed by atoms with van der Waals surface area (Å²) in [7, 11) is 0. The SMILES string of the molecule is CC1(C(=O)O)C=CC=C(C(=O)O)C1.CCCOc1ccc(N2N=CCC2=O)cc1. The quantitative estimate of drug-likeness (QED) is 0.757. The van der Waals surface area contributed by atoms with Gasteiger partial charge in [-0.3, -0.25) is 9.59 Å². The molecule has 8 heteroatoms. The molecule has 0 radical (unpaired) electrons. The van der Waals surface area contributed by atoms with Crippen molar-refractivity contribution in [2.45, 2.75) is 33.1 Å². The van der Waals surface area contributed by atoms with Gasteiger partial charge in [0.25, 0.3) is 5.91 Å². The summed E-state index contributed by atoms with van der Waals surface area (Å²) in [5.74, 6) is -1.24. The van der Waals surface area contributed by atoms with Gasteiger partial charge < -0.3 is 14.9 Å². The number of rotatable bonds is 6. The van der Waals surface area contributed by atoms with Crippen LogP contribution in [-0.4, -0.2) is 40.9 Å². The lowest BCUT2D eigenvalue weighted by atomic mass is 9.80. The molecule has 0 aromatic heterocycles. The zero-order valence-electron chi connectivity index (χ0n) is 16.4. The van der Waals surface area contributed by atoms with Crippen molar-refractivity contribution >= 4 is 29.7 Å². The zero-order chi connectivity index (χ0) is 21.4. The molecule has 1 atom stereocenters. The average Bonchev–Trinajstić information content (AvgIpc) is 3.13. The van der Waals surface area contributed by atoms with Gasteiger partial charge in [-0.25, -0.2) is 9.80 Å². The molecule has 1 aromatic carbocycles. The smallest absolute Gasteiger partial charge is 0.331 e. The fraction of sp³-hybridized carbons (Fsp3) is 0.333. The Hall–Kier alpha value is -3.42. The summed E-state index contributed by atoms with van der Waals surface area (Å²) in [6.45, 7) is 4.27. The summed E-state index contributed by atoms with van der Waals surface area (Å²) in [4.78, 5) is 32.7. The molecular weight excluding hydrogens is 376 g/mol. The third-order valence-corrected chi connectivity index (χ3v) is 4.34. The van der Waals surface area contributed by atoms with E-state index >= 15 is 0 Å². The molecule has 1 heterocycles. The lowest BCUT2D eigenvalue weighted by Crippen LogP contribution is -2.28. The van der Waals surface area contributed by atoms with E-state index in [-0.39, 0.29) is 17.9 Å². The molecular formula is C21H24N2O6. The van der Waals surface area contributed by atoms with Crippen LogP contribution >= 0.6 is 0 Å². The van der Waals surface area contributed by atoms with Crippen LogP contribution in [0.15, 0.2) is 53.2 Å². The van der Waals surface area contributed by atoms with Crippen molar-refractivity contribution in [2.75, 3.05) is 11.6 Å². The normalized spacial score (nSPS) is 20.0. The lowest BCUT2D eigenvalue weighted by molar-refractivity contribution is -0.145. The second-order valence-corrected chi connectivity index (χ2v) is 6.81. The second-order valence-electron chi connectivity index (χ2n) is 6.81. The maximum atomic E-state index is 11.4. The Balaban J connectivity index is 0.000000212. The van der Waals surface area contributed by atoms with Crippen molar-refractivity contribution in [3.8, 4) is 5.75 Å². The maximum Gasteiger partial charge on any atom is 0.331 e. The molecule has 1 aliphatic heterocycles. The number of carbonyl (C=O) groups is 3. The first kappa shape index (κ1) is 21.9. The van der Waals surface area contributed by atoms with Crippen LogP contribution in [0.4, 0.5) is 5.69 Å². The molecule has 154 valence electrons. The Morgan fingerprint density at radius 2 is 1.93 bits per heavy atom. The van der Waals surface area contributed by atoms with E-state index in [4.69, 9.17) is 14.9 Å². The number of nitrogens with zero attached hydrogens (tertiary/aromatic N) is 2. The molecule has 3 rings (SSSR count). The first-order chi connectivity index (χ1) is 13.8. The highest BCUT2D eigenvalue weighted by Crippen LogP contribution is 2.31. The fourth-order valence-corrected chi connectivity index (χ4v) is 2.65. The molecule has 0 spiro atoms. The van der Waals surface area contributed by atoms with E-state index in [2.05, 4.69) is 12.0 Å². The van der Waals surface area contributed by atoms with E-state index in [1.54, 1.807) is 6.21 Å². The fourth-order valence-electron chi connectivity index (χ4n) is 2.65. The Bertz CT molecular complexity index is 856. The summed E-state index contributed by atoms with van der Waals surface area (Å²) in [5.41, 5.74) is -0.169. The molecule has 0 saturated carbocycles. The molecule has 2 aliphatic rings. The summed E-state index contributed by atoms with van der Waals surface area (Å²) in [6, 6.07) is 7.38. The van der Waals surface area contributed by atoms with Crippen LogP contribution in [0.2, 0.25) is 0 Å². The van der Waals surface area contributed by atoms with Gasteiger partial charge in [0.1, 0.15) is 5.75 Å². The molecule has 0 bridgehead atoms. The average molecular weight is 400 g/mol. The van der Waals surface area contributed by atoms with Crippen LogP contribution in [0.25, 0.3) is 0 Å². The number of amides is 1. The van der Waals surface area contributed by atoms with Crippen LogP contribution in [0.3, 0.4) is 0 Å². The van der Waals surface area contributed by atoms with E-state index in [1.807, 2.05) is 24.3 Å². The second kappa shape index (κ2) is 9.68. The van der Waals surface area contributed by atoms with Gasteiger partial charge in [0.15, 0.2) is 0 Å². The van der Waals surface area contributed by atoms with E-state index in [0.717, 1.165) is 17.9 Å². The number of anilines is 1. The Kier molecular flexibility index (Phi) is 7.30. The number of hydrogen-bond acceptors (Lipinski definition) is 5. The van der Waals surface area contributed by atoms with Gasteiger partial charge in [0.05, 0.1) is 24.1 Å². The van der Waals surface area contributed by atoms with Gasteiger partial charge in [0.2, 0.25) is 0 Å². The summed E-state index contributed by atoms with van der Waals surface area (Å²) < 4.78 is 5.46. The number of carbonyl (C=O) groups excluding carboxylic acids is 1. The zero-order valence-corrected chi connectivity index (χ0v) is 16.4. The minimum absolute atomic E-state index is 0.00206. The van der Waals surface area contributed by atoms with Crippen molar-refractivity contribution < 1.29 is 29.3 Å². The van der Waals surface area contributed by atoms with E-state index in [1.165, 1.54) is 30.2 Å². The molecule has 1 amide bonds. The maximum absolute atomic E-state index is 11.4. The van der Waals surface area contributed by atoms with Gasteiger partial charge in [0, 0.05) is 11.8 Å². The molecule has 1 aromatic rings. The van der Waals surface area contributed by atoms with Crippen molar-refractivity contribution in [3.63, 3.8) is 0 Å². The summed E-state index contributed by atoms with van der Waals surface area (Å²) in [6.07, 6.45) is 7.42. The number of allylic oxidation sites excluding steroid dienone is 2. The first-order valence-electron chi connectivity index (χ1n) is 9.20. The molecule has 8 nitrogen and oxygen atoms in total. The van der Waals surface area contributed by atoms with Gasteiger partial charge >= 0.3 is 11.9 Å². The molecule has 0 saturated heterocycles.